The van der Waals surface area contributed by atoms with E-state index < -0.39 is 5.91 Å². The molecule has 0 saturated heterocycles. The number of hydrogen-bond donors (Lipinski definition) is 2. The third-order valence-corrected chi connectivity index (χ3v) is 4.28. The van der Waals surface area contributed by atoms with Crippen LogP contribution in [-0.2, 0) is 13.1 Å². The first-order chi connectivity index (χ1) is 13.5. The molecule has 0 fully saturated rings. The van der Waals surface area contributed by atoms with E-state index in [9.17, 15) is 14.0 Å². The number of nitrogens with one attached hydrogen (secondary N) is 2. The smallest absolute Gasteiger partial charge is 0.270 e. The first-order valence-corrected chi connectivity index (χ1v) is 8.85. The Balaban J connectivity index is 1.60. The standard InChI is InChI=1S/C22H20FN3O2/c1-15-5-2-3-6-17(15)14-25-22(28)20-8-4-7-19(26-20)21(27)24-13-16-9-11-18(23)12-10-16/h2-12H,13-14H2,1H3,(H,24,27)(H,25,28). The van der Waals surface area contributed by atoms with Crippen LogP contribution in [0.15, 0.2) is 66.7 Å². The fourth-order valence-corrected chi connectivity index (χ4v) is 2.64. The summed E-state index contributed by atoms with van der Waals surface area (Å²) < 4.78 is 12.9. The molecular weight excluding hydrogens is 357 g/mol. The zero-order valence-electron chi connectivity index (χ0n) is 15.4. The summed E-state index contributed by atoms with van der Waals surface area (Å²) in [4.78, 5) is 28.8. The Labute approximate surface area is 162 Å². The van der Waals surface area contributed by atoms with Crippen LogP contribution in [0.3, 0.4) is 0 Å². The summed E-state index contributed by atoms with van der Waals surface area (Å²) in [6, 6.07) is 18.4. The number of carbonyl (C=O) groups is 2. The lowest BCUT2D eigenvalue weighted by Crippen LogP contribution is -2.27. The highest BCUT2D eigenvalue weighted by atomic mass is 19.1. The maximum Gasteiger partial charge on any atom is 0.270 e. The minimum atomic E-state index is -0.405. The number of nitrogens with zero attached hydrogens (tertiary/aromatic N) is 1. The molecule has 3 aromatic rings. The Morgan fingerprint density at radius 1 is 0.821 bits per heavy atom. The van der Waals surface area contributed by atoms with Gasteiger partial charge in [-0.2, -0.15) is 0 Å². The lowest BCUT2D eigenvalue weighted by molar-refractivity contribution is 0.0941. The van der Waals surface area contributed by atoms with Gasteiger partial charge in [-0.05, 0) is 47.9 Å². The summed E-state index contributed by atoms with van der Waals surface area (Å²) in [5, 5.41) is 5.53. The summed E-state index contributed by atoms with van der Waals surface area (Å²) in [5.41, 5.74) is 3.18. The summed E-state index contributed by atoms with van der Waals surface area (Å²) in [6.45, 7) is 2.60. The first-order valence-electron chi connectivity index (χ1n) is 8.85. The quantitative estimate of drug-likeness (QED) is 0.692. The van der Waals surface area contributed by atoms with Crippen LogP contribution in [0.5, 0.6) is 0 Å². The largest absolute Gasteiger partial charge is 0.347 e. The predicted octanol–water partition coefficient (Wildman–Crippen LogP) is 3.39. The summed E-state index contributed by atoms with van der Waals surface area (Å²) in [7, 11) is 0. The van der Waals surface area contributed by atoms with Gasteiger partial charge in [0, 0.05) is 13.1 Å². The monoisotopic (exact) mass is 377 g/mol. The highest BCUT2D eigenvalue weighted by Crippen LogP contribution is 2.07. The van der Waals surface area contributed by atoms with Gasteiger partial charge >= 0.3 is 0 Å². The van der Waals surface area contributed by atoms with E-state index >= 15 is 0 Å². The fourth-order valence-electron chi connectivity index (χ4n) is 2.64. The number of aryl methyl sites for hydroxylation is 1. The number of halogens is 1. The molecule has 0 bridgehead atoms. The van der Waals surface area contributed by atoms with Crippen LogP contribution < -0.4 is 10.6 Å². The number of amides is 2. The van der Waals surface area contributed by atoms with E-state index in [0.29, 0.717) is 6.54 Å². The van der Waals surface area contributed by atoms with Gasteiger partial charge in [-0.15, -0.1) is 0 Å². The van der Waals surface area contributed by atoms with Crippen molar-refractivity contribution >= 4 is 11.8 Å². The molecule has 5 nitrogen and oxygen atoms in total. The molecule has 0 aliphatic heterocycles. The Morgan fingerprint density at radius 3 is 2.07 bits per heavy atom. The van der Waals surface area contributed by atoms with Crippen LogP contribution in [0, 0.1) is 12.7 Å². The molecule has 0 atom stereocenters. The van der Waals surface area contributed by atoms with Crippen molar-refractivity contribution in [3.05, 3.63) is 101 Å². The number of pyridine rings is 1. The summed E-state index contributed by atoms with van der Waals surface area (Å²) >= 11 is 0. The Morgan fingerprint density at radius 2 is 1.43 bits per heavy atom. The molecule has 2 aromatic carbocycles. The van der Waals surface area contributed by atoms with E-state index in [1.807, 2.05) is 31.2 Å². The topological polar surface area (TPSA) is 71.1 Å². The van der Waals surface area contributed by atoms with Crippen LogP contribution in [0.4, 0.5) is 4.39 Å². The third kappa shape index (κ3) is 5.01. The van der Waals surface area contributed by atoms with Crippen molar-refractivity contribution in [3.8, 4) is 0 Å². The summed E-state index contributed by atoms with van der Waals surface area (Å²) in [6.07, 6.45) is 0. The number of benzene rings is 2. The van der Waals surface area contributed by atoms with Gasteiger partial charge in [-0.3, -0.25) is 9.59 Å². The highest BCUT2D eigenvalue weighted by Gasteiger charge is 2.12. The lowest BCUT2D eigenvalue weighted by atomic mass is 10.1. The van der Waals surface area contributed by atoms with Gasteiger partial charge in [0.25, 0.3) is 11.8 Å². The Hall–Kier alpha value is -3.54. The number of rotatable bonds is 6. The molecule has 142 valence electrons. The minimum Gasteiger partial charge on any atom is -0.347 e. The van der Waals surface area contributed by atoms with Crippen molar-refractivity contribution < 1.29 is 14.0 Å². The van der Waals surface area contributed by atoms with E-state index in [-0.39, 0.29) is 29.7 Å². The Bertz CT molecular complexity index is 987. The average molecular weight is 377 g/mol. The van der Waals surface area contributed by atoms with E-state index in [1.165, 1.54) is 18.2 Å². The molecule has 1 heterocycles. The van der Waals surface area contributed by atoms with Crippen molar-refractivity contribution in [3.63, 3.8) is 0 Å². The van der Waals surface area contributed by atoms with Crippen LogP contribution >= 0.6 is 0 Å². The van der Waals surface area contributed by atoms with Crippen LogP contribution in [0.1, 0.15) is 37.7 Å². The number of aromatic nitrogens is 1. The zero-order chi connectivity index (χ0) is 19.9. The van der Waals surface area contributed by atoms with Gasteiger partial charge in [0.15, 0.2) is 0 Å². The van der Waals surface area contributed by atoms with Gasteiger partial charge in [-0.25, -0.2) is 9.37 Å². The number of hydrogen-bond acceptors (Lipinski definition) is 3. The maximum atomic E-state index is 12.9. The molecule has 0 saturated carbocycles. The van der Waals surface area contributed by atoms with Crippen LogP contribution in [-0.4, -0.2) is 16.8 Å². The van der Waals surface area contributed by atoms with Crippen LogP contribution in [0.2, 0.25) is 0 Å². The lowest BCUT2D eigenvalue weighted by Gasteiger charge is -2.09. The van der Waals surface area contributed by atoms with Crippen molar-refractivity contribution in [1.82, 2.24) is 15.6 Å². The molecular formula is C22H20FN3O2. The number of carbonyl (C=O) groups excluding carboxylic acids is 2. The van der Waals surface area contributed by atoms with E-state index in [4.69, 9.17) is 0 Å². The zero-order valence-corrected chi connectivity index (χ0v) is 15.4. The molecule has 0 aliphatic rings. The van der Waals surface area contributed by atoms with Gasteiger partial charge in [0.2, 0.25) is 0 Å². The molecule has 2 amide bonds. The normalized spacial score (nSPS) is 10.4. The van der Waals surface area contributed by atoms with Crippen molar-refractivity contribution in [2.45, 2.75) is 20.0 Å². The maximum absolute atomic E-state index is 12.9. The second-order valence-corrected chi connectivity index (χ2v) is 6.33. The van der Waals surface area contributed by atoms with Gasteiger partial charge in [0.1, 0.15) is 17.2 Å². The minimum absolute atomic E-state index is 0.144. The Kier molecular flexibility index (Phi) is 6.11. The van der Waals surface area contributed by atoms with Crippen molar-refractivity contribution in [2.75, 3.05) is 0 Å². The fraction of sp³-hybridized carbons (Fsp3) is 0.136. The predicted molar refractivity (Wildman–Crippen MR) is 104 cm³/mol. The molecule has 2 N–H and O–H groups in total. The average Bonchev–Trinajstić information content (AvgIpc) is 2.72. The summed E-state index contributed by atoms with van der Waals surface area (Å²) in [5.74, 6) is -1.09. The van der Waals surface area contributed by atoms with Gasteiger partial charge in [-0.1, -0.05) is 42.5 Å². The van der Waals surface area contributed by atoms with E-state index in [0.717, 1.165) is 16.7 Å². The van der Waals surface area contributed by atoms with Crippen molar-refractivity contribution in [1.29, 1.82) is 0 Å². The highest BCUT2D eigenvalue weighted by molar-refractivity contribution is 5.96. The molecule has 0 spiro atoms. The van der Waals surface area contributed by atoms with Crippen LogP contribution in [0.25, 0.3) is 0 Å². The van der Waals surface area contributed by atoms with Crippen molar-refractivity contribution in [2.24, 2.45) is 0 Å². The second kappa shape index (κ2) is 8.90. The first kappa shape index (κ1) is 19.2. The molecule has 0 radical (unpaired) electrons. The van der Waals surface area contributed by atoms with E-state index in [1.54, 1.807) is 24.3 Å². The third-order valence-electron chi connectivity index (χ3n) is 4.28. The molecule has 28 heavy (non-hydrogen) atoms. The molecule has 0 aliphatic carbocycles. The second-order valence-electron chi connectivity index (χ2n) is 6.33. The van der Waals surface area contributed by atoms with Gasteiger partial charge < -0.3 is 10.6 Å². The molecule has 6 heteroatoms. The van der Waals surface area contributed by atoms with Gasteiger partial charge in [0.05, 0.1) is 0 Å². The SMILES string of the molecule is Cc1ccccc1CNC(=O)c1cccc(C(=O)NCc2ccc(F)cc2)n1. The van der Waals surface area contributed by atoms with E-state index in [2.05, 4.69) is 15.6 Å². The molecule has 1 aromatic heterocycles. The molecule has 3 rings (SSSR count). The molecule has 0 unspecified atom stereocenters.